The van der Waals surface area contributed by atoms with Crippen LogP contribution in [0.25, 0.3) is 0 Å². The van der Waals surface area contributed by atoms with Gasteiger partial charge in [-0.25, -0.2) is 4.79 Å². The Hall–Kier alpha value is -2.87. The number of nitrogens with one attached hydrogen (secondary N) is 1. The highest BCUT2D eigenvalue weighted by Crippen LogP contribution is 2.42. The summed E-state index contributed by atoms with van der Waals surface area (Å²) in [5, 5.41) is 10.8. The molecule has 32 heavy (non-hydrogen) atoms. The van der Waals surface area contributed by atoms with E-state index in [0.29, 0.717) is 12.0 Å². The normalized spacial score (nSPS) is 21.4. The molecule has 2 aromatic carbocycles. The Labute approximate surface area is 184 Å². The third kappa shape index (κ3) is 5.48. The molecule has 170 valence electrons. The first-order valence-corrected chi connectivity index (χ1v) is 10.7. The zero-order valence-corrected chi connectivity index (χ0v) is 17.4. The summed E-state index contributed by atoms with van der Waals surface area (Å²) in [4.78, 5) is 23.8. The summed E-state index contributed by atoms with van der Waals surface area (Å²) < 4.78 is 31.7. The van der Waals surface area contributed by atoms with Crippen molar-refractivity contribution in [3.63, 3.8) is 0 Å². The summed E-state index contributed by atoms with van der Waals surface area (Å²) in [5.41, 5.74) is 4.70. The fourth-order valence-corrected chi connectivity index (χ4v) is 3.99. The van der Waals surface area contributed by atoms with E-state index in [2.05, 4.69) is 41.7 Å². The maximum absolute atomic E-state index is 12.9. The van der Waals surface area contributed by atoms with Crippen LogP contribution in [0, 0.1) is 5.92 Å². The van der Waals surface area contributed by atoms with E-state index in [1.165, 1.54) is 42.5 Å². The summed E-state index contributed by atoms with van der Waals surface area (Å²) in [5.74, 6) is -1.10. The van der Waals surface area contributed by atoms with Crippen molar-refractivity contribution in [3.8, 4) is 0 Å². The van der Waals surface area contributed by atoms with Crippen LogP contribution in [-0.2, 0) is 17.9 Å². The van der Waals surface area contributed by atoms with E-state index in [-0.39, 0.29) is 5.91 Å². The average molecular weight is 446 g/mol. The summed E-state index contributed by atoms with van der Waals surface area (Å²) >= 11 is 0. The molecule has 0 spiro atoms. The Balaban J connectivity index is 0.000000307. The summed E-state index contributed by atoms with van der Waals surface area (Å²) in [6.45, 7) is 2.63. The van der Waals surface area contributed by atoms with Crippen molar-refractivity contribution in [2.24, 2.45) is 5.92 Å². The molecule has 2 atom stereocenters. The molecule has 0 aromatic heterocycles. The molecule has 5 nitrogen and oxygen atoms in total. The number of aliphatic carboxylic acids is 1. The van der Waals surface area contributed by atoms with Crippen molar-refractivity contribution in [3.05, 3.63) is 70.8 Å². The number of hydrogen-bond acceptors (Lipinski definition) is 3. The van der Waals surface area contributed by atoms with Crippen LogP contribution < -0.4 is 5.32 Å². The van der Waals surface area contributed by atoms with Gasteiger partial charge in [0.15, 0.2) is 0 Å². The second kappa shape index (κ2) is 8.94. The number of fused-ring (bicyclic) bond motifs is 1. The van der Waals surface area contributed by atoms with Gasteiger partial charge < -0.3 is 15.3 Å². The van der Waals surface area contributed by atoms with Gasteiger partial charge >= 0.3 is 12.1 Å². The fourth-order valence-electron chi connectivity index (χ4n) is 3.99. The van der Waals surface area contributed by atoms with Crippen molar-refractivity contribution in [1.29, 1.82) is 0 Å². The number of rotatable bonds is 5. The van der Waals surface area contributed by atoms with Crippen molar-refractivity contribution in [2.75, 3.05) is 6.54 Å². The van der Waals surface area contributed by atoms with Gasteiger partial charge in [-0.1, -0.05) is 36.4 Å². The van der Waals surface area contributed by atoms with E-state index in [4.69, 9.17) is 9.90 Å². The Morgan fingerprint density at radius 3 is 2.22 bits per heavy atom. The van der Waals surface area contributed by atoms with E-state index < -0.39 is 12.1 Å². The van der Waals surface area contributed by atoms with Crippen LogP contribution in [-0.4, -0.2) is 40.6 Å². The molecular formula is C24H25F3N2O3. The molecule has 2 fully saturated rings. The zero-order chi connectivity index (χ0) is 22.9. The molecule has 5 rings (SSSR count). The van der Waals surface area contributed by atoms with Crippen molar-refractivity contribution < 1.29 is 27.9 Å². The highest BCUT2D eigenvalue weighted by Gasteiger charge is 2.39. The largest absolute Gasteiger partial charge is 0.490 e. The van der Waals surface area contributed by atoms with Crippen molar-refractivity contribution >= 4 is 11.9 Å². The molecule has 1 amide bonds. The van der Waals surface area contributed by atoms with Gasteiger partial charge in [-0.3, -0.25) is 4.79 Å². The number of alkyl halides is 3. The molecular weight excluding hydrogens is 421 g/mol. The molecule has 2 aliphatic carbocycles. The fraction of sp³-hybridized carbons (Fsp3) is 0.417. The van der Waals surface area contributed by atoms with Crippen LogP contribution in [0.1, 0.15) is 52.2 Å². The van der Waals surface area contributed by atoms with Gasteiger partial charge in [0.1, 0.15) is 0 Å². The molecule has 3 aliphatic rings. The predicted molar refractivity (Wildman–Crippen MR) is 112 cm³/mol. The second-order valence-electron chi connectivity index (χ2n) is 8.66. The van der Waals surface area contributed by atoms with Gasteiger partial charge in [0.2, 0.25) is 0 Å². The van der Waals surface area contributed by atoms with Gasteiger partial charge in [0.05, 0.1) is 0 Å². The molecule has 8 heteroatoms. The Bertz CT molecular complexity index is 979. The Morgan fingerprint density at radius 2 is 1.66 bits per heavy atom. The summed E-state index contributed by atoms with van der Waals surface area (Å²) in [7, 11) is 0. The Kier molecular flexibility index (Phi) is 6.24. The lowest BCUT2D eigenvalue weighted by molar-refractivity contribution is -0.192. The van der Waals surface area contributed by atoms with E-state index >= 15 is 0 Å². The lowest BCUT2D eigenvalue weighted by Crippen LogP contribution is -2.25. The third-order valence-corrected chi connectivity index (χ3v) is 6.09. The van der Waals surface area contributed by atoms with E-state index in [1.807, 2.05) is 17.0 Å². The molecule has 0 radical (unpaired) electrons. The molecule has 2 saturated carbocycles. The Morgan fingerprint density at radius 1 is 1.03 bits per heavy atom. The molecule has 2 unspecified atom stereocenters. The molecule has 1 heterocycles. The number of carboxylic acid groups (broad SMARTS) is 1. The number of hydrogen-bond donors (Lipinski definition) is 2. The smallest absolute Gasteiger partial charge is 0.475 e. The molecule has 1 aliphatic heterocycles. The SMILES string of the molecule is O=C(O)C(F)(F)F.O=C(c1cccc(C2CC2NCC2CC2)c1)N1Cc2ccccc2C1. The number of carboxylic acids is 1. The number of carbonyl (C=O) groups excluding carboxylic acids is 1. The molecule has 0 saturated heterocycles. The molecule has 0 bridgehead atoms. The van der Waals surface area contributed by atoms with E-state index in [9.17, 15) is 18.0 Å². The van der Waals surface area contributed by atoms with Gasteiger partial charge in [-0.05, 0) is 60.5 Å². The number of benzene rings is 2. The van der Waals surface area contributed by atoms with Crippen LogP contribution >= 0.6 is 0 Å². The highest BCUT2D eigenvalue weighted by atomic mass is 19.4. The molecule has 2 N–H and O–H groups in total. The first kappa shape index (κ1) is 22.3. The van der Waals surface area contributed by atoms with E-state index in [1.54, 1.807) is 0 Å². The molecule has 2 aromatic rings. The summed E-state index contributed by atoms with van der Waals surface area (Å²) in [6.07, 6.45) is -1.08. The third-order valence-electron chi connectivity index (χ3n) is 6.09. The number of nitrogens with zero attached hydrogens (tertiary/aromatic N) is 1. The monoisotopic (exact) mass is 446 g/mol. The maximum Gasteiger partial charge on any atom is 0.490 e. The van der Waals surface area contributed by atoms with Crippen LogP contribution in [0.15, 0.2) is 48.5 Å². The van der Waals surface area contributed by atoms with Crippen LogP contribution in [0.5, 0.6) is 0 Å². The maximum atomic E-state index is 12.9. The second-order valence-corrected chi connectivity index (χ2v) is 8.66. The zero-order valence-electron chi connectivity index (χ0n) is 17.4. The minimum atomic E-state index is -5.08. The number of halogens is 3. The quantitative estimate of drug-likeness (QED) is 0.717. The van der Waals surface area contributed by atoms with E-state index in [0.717, 1.165) is 24.6 Å². The van der Waals surface area contributed by atoms with Crippen LogP contribution in [0.2, 0.25) is 0 Å². The topological polar surface area (TPSA) is 69.6 Å². The number of amides is 1. The van der Waals surface area contributed by atoms with Crippen LogP contribution in [0.4, 0.5) is 13.2 Å². The van der Waals surface area contributed by atoms with Gasteiger partial charge in [0, 0.05) is 30.6 Å². The highest BCUT2D eigenvalue weighted by molar-refractivity contribution is 5.94. The van der Waals surface area contributed by atoms with Crippen molar-refractivity contribution in [1.82, 2.24) is 10.2 Å². The van der Waals surface area contributed by atoms with Gasteiger partial charge in [-0.2, -0.15) is 13.2 Å². The number of carbonyl (C=O) groups is 2. The average Bonchev–Trinajstić information content (AvgIpc) is 3.68. The first-order valence-electron chi connectivity index (χ1n) is 10.7. The van der Waals surface area contributed by atoms with Crippen LogP contribution in [0.3, 0.4) is 0 Å². The minimum Gasteiger partial charge on any atom is -0.475 e. The predicted octanol–water partition coefficient (Wildman–Crippen LogP) is 4.33. The lowest BCUT2D eigenvalue weighted by atomic mass is 10.1. The standard InChI is InChI=1S/C22H24N2O.C2HF3O2/c25-22(24-13-18-4-1-2-5-19(18)14-24)17-7-3-6-16(10-17)20-11-21(20)23-12-15-8-9-15;3-2(4,5)1(6)7/h1-7,10,15,20-21,23H,8-9,11-14H2;(H,6,7). The van der Waals surface area contributed by atoms with Gasteiger partial charge in [-0.15, -0.1) is 0 Å². The first-order chi connectivity index (χ1) is 15.2. The van der Waals surface area contributed by atoms with Gasteiger partial charge in [0.25, 0.3) is 5.91 Å². The minimum absolute atomic E-state index is 0.154. The lowest BCUT2D eigenvalue weighted by Gasteiger charge is -2.16. The van der Waals surface area contributed by atoms with Crippen molar-refractivity contribution in [2.45, 2.75) is 50.5 Å². The summed E-state index contributed by atoms with van der Waals surface area (Å²) in [6, 6.07) is 17.3.